The molecular formula is C20H31N7O. The maximum Gasteiger partial charge on any atom is 0.191 e. The molecule has 8 heteroatoms. The van der Waals surface area contributed by atoms with Crippen LogP contribution in [0.5, 0.6) is 0 Å². The minimum Gasteiger partial charge on any atom is -0.379 e. The highest BCUT2D eigenvalue weighted by atomic mass is 16.5. The Morgan fingerprint density at radius 3 is 2.57 bits per heavy atom. The van der Waals surface area contributed by atoms with Gasteiger partial charge in [-0.15, -0.1) is 10.2 Å². The Hall–Kier alpha value is -2.45. The summed E-state index contributed by atoms with van der Waals surface area (Å²) in [5.41, 5.74) is 2.67. The normalized spacial score (nSPS) is 15.5. The van der Waals surface area contributed by atoms with E-state index in [1.165, 1.54) is 11.1 Å². The fourth-order valence-electron chi connectivity index (χ4n) is 3.25. The van der Waals surface area contributed by atoms with Crippen molar-refractivity contribution in [3.63, 3.8) is 0 Å². The Balaban J connectivity index is 1.40. The quantitative estimate of drug-likeness (QED) is 0.384. The van der Waals surface area contributed by atoms with Crippen molar-refractivity contribution in [2.24, 2.45) is 4.99 Å². The van der Waals surface area contributed by atoms with Crippen molar-refractivity contribution in [1.82, 2.24) is 30.3 Å². The molecule has 1 aliphatic heterocycles. The molecule has 28 heavy (non-hydrogen) atoms. The van der Waals surface area contributed by atoms with Gasteiger partial charge < -0.3 is 19.9 Å². The Morgan fingerprint density at radius 2 is 1.82 bits per heavy atom. The van der Waals surface area contributed by atoms with Gasteiger partial charge in [-0.3, -0.25) is 9.89 Å². The molecule has 0 amide bonds. The third kappa shape index (κ3) is 6.61. The number of hydrogen-bond acceptors (Lipinski definition) is 5. The molecule has 0 unspecified atom stereocenters. The van der Waals surface area contributed by atoms with Gasteiger partial charge in [-0.1, -0.05) is 24.3 Å². The fraction of sp³-hybridized carbons (Fsp3) is 0.550. The number of aliphatic imine (C=N–C) groups is 1. The number of ether oxygens (including phenoxy) is 1. The SMILES string of the molecule is CN=C(NCCCCn1cnnc1)NCc1ccccc1CN1CCOCC1. The summed E-state index contributed by atoms with van der Waals surface area (Å²) in [6.07, 6.45) is 5.64. The van der Waals surface area contributed by atoms with Gasteiger partial charge >= 0.3 is 0 Å². The lowest BCUT2D eigenvalue weighted by atomic mass is 10.1. The summed E-state index contributed by atoms with van der Waals surface area (Å²) in [6, 6.07) is 8.62. The van der Waals surface area contributed by atoms with Gasteiger partial charge in [0, 0.05) is 46.3 Å². The zero-order valence-electron chi connectivity index (χ0n) is 16.7. The summed E-state index contributed by atoms with van der Waals surface area (Å²) in [4.78, 5) is 6.79. The first kappa shape index (κ1) is 20.3. The van der Waals surface area contributed by atoms with Gasteiger partial charge in [0.2, 0.25) is 0 Å². The van der Waals surface area contributed by atoms with E-state index < -0.39 is 0 Å². The number of guanidine groups is 1. The van der Waals surface area contributed by atoms with Crippen molar-refractivity contribution >= 4 is 5.96 Å². The minimum absolute atomic E-state index is 0.765. The molecule has 0 spiro atoms. The standard InChI is InChI=1S/C20H31N7O/c1-21-20(22-8-4-5-9-27-16-24-25-17-27)23-14-18-6-2-3-7-19(18)15-26-10-12-28-13-11-26/h2-3,6-7,16-17H,4-5,8-15H2,1H3,(H2,21,22,23). The van der Waals surface area contributed by atoms with Crippen LogP contribution >= 0.6 is 0 Å². The first-order chi connectivity index (χ1) is 13.8. The zero-order chi connectivity index (χ0) is 19.4. The van der Waals surface area contributed by atoms with Gasteiger partial charge in [-0.05, 0) is 24.0 Å². The predicted octanol–water partition coefficient (Wildman–Crippen LogP) is 1.26. The summed E-state index contributed by atoms with van der Waals surface area (Å²) in [7, 11) is 1.81. The molecule has 0 aliphatic carbocycles. The molecular weight excluding hydrogens is 354 g/mol. The highest BCUT2D eigenvalue weighted by Crippen LogP contribution is 2.13. The van der Waals surface area contributed by atoms with Gasteiger partial charge in [-0.25, -0.2) is 0 Å². The van der Waals surface area contributed by atoms with E-state index in [2.05, 4.69) is 55.0 Å². The van der Waals surface area contributed by atoms with Crippen LogP contribution in [0.3, 0.4) is 0 Å². The van der Waals surface area contributed by atoms with Crippen LogP contribution in [0.1, 0.15) is 24.0 Å². The maximum atomic E-state index is 5.45. The van der Waals surface area contributed by atoms with Crippen molar-refractivity contribution in [2.45, 2.75) is 32.5 Å². The molecule has 0 radical (unpaired) electrons. The molecule has 1 saturated heterocycles. The number of aryl methyl sites for hydroxylation is 1. The number of hydrogen-bond donors (Lipinski definition) is 2. The number of aromatic nitrogens is 3. The molecule has 8 nitrogen and oxygen atoms in total. The van der Waals surface area contributed by atoms with E-state index in [0.29, 0.717) is 0 Å². The van der Waals surface area contributed by atoms with Crippen LogP contribution in [0.25, 0.3) is 0 Å². The summed E-state index contributed by atoms with van der Waals surface area (Å²) in [5, 5.41) is 14.5. The molecule has 3 rings (SSSR count). The molecule has 1 fully saturated rings. The Kier molecular flexibility index (Phi) is 8.26. The first-order valence-corrected chi connectivity index (χ1v) is 9.99. The monoisotopic (exact) mass is 385 g/mol. The van der Waals surface area contributed by atoms with Gasteiger partial charge in [-0.2, -0.15) is 0 Å². The topological polar surface area (TPSA) is 79.6 Å². The van der Waals surface area contributed by atoms with E-state index in [9.17, 15) is 0 Å². The number of benzene rings is 1. The second-order valence-corrected chi connectivity index (χ2v) is 6.92. The van der Waals surface area contributed by atoms with Gasteiger partial charge in [0.1, 0.15) is 12.7 Å². The molecule has 2 aromatic rings. The second-order valence-electron chi connectivity index (χ2n) is 6.92. The van der Waals surface area contributed by atoms with Gasteiger partial charge in [0.05, 0.1) is 13.2 Å². The van der Waals surface area contributed by atoms with E-state index in [1.807, 2.05) is 11.6 Å². The fourth-order valence-corrected chi connectivity index (χ4v) is 3.25. The van der Waals surface area contributed by atoms with E-state index in [1.54, 1.807) is 12.7 Å². The molecule has 2 heterocycles. The van der Waals surface area contributed by atoms with Crippen LogP contribution in [0, 0.1) is 0 Å². The molecule has 0 atom stereocenters. The minimum atomic E-state index is 0.765. The highest BCUT2D eigenvalue weighted by Gasteiger charge is 2.12. The Labute approximate surface area is 167 Å². The number of morpholine rings is 1. The van der Waals surface area contributed by atoms with Gasteiger partial charge in [0.25, 0.3) is 0 Å². The third-order valence-electron chi connectivity index (χ3n) is 4.89. The van der Waals surface area contributed by atoms with Crippen LogP contribution in [0.4, 0.5) is 0 Å². The second kappa shape index (κ2) is 11.4. The highest BCUT2D eigenvalue weighted by molar-refractivity contribution is 5.79. The van der Waals surface area contributed by atoms with E-state index in [-0.39, 0.29) is 0 Å². The van der Waals surface area contributed by atoms with Crippen molar-refractivity contribution < 1.29 is 4.74 Å². The number of unbranched alkanes of at least 4 members (excludes halogenated alkanes) is 1. The van der Waals surface area contributed by atoms with E-state index in [0.717, 1.165) is 71.3 Å². The lowest BCUT2D eigenvalue weighted by Crippen LogP contribution is -2.38. The summed E-state index contributed by atoms with van der Waals surface area (Å²) in [6.45, 7) is 7.22. The molecule has 1 aromatic carbocycles. The smallest absolute Gasteiger partial charge is 0.191 e. The Bertz CT molecular complexity index is 711. The van der Waals surface area contributed by atoms with Crippen molar-refractivity contribution in [3.05, 3.63) is 48.0 Å². The zero-order valence-corrected chi connectivity index (χ0v) is 16.7. The average Bonchev–Trinajstić information content (AvgIpc) is 3.25. The first-order valence-electron chi connectivity index (χ1n) is 9.99. The van der Waals surface area contributed by atoms with Crippen LogP contribution in [-0.4, -0.2) is 65.5 Å². The number of nitrogens with one attached hydrogen (secondary N) is 2. The molecule has 0 bridgehead atoms. The van der Waals surface area contributed by atoms with Crippen molar-refractivity contribution in [2.75, 3.05) is 39.9 Å². The summed E-state index contributed by atoms with van der Waals surface area (Å²) in [5.74, 6) is 0.838. The van der Waals surface area contributed by atoms with Crippen LogP contribution < -0.4 is 10.6 Å². The molecule has 1 aromatic heterocycles. The lowest BCUT2D eigenvalue weighted by molar-refractivity contribution is 0.0341. The van der Waals surface area contributed by atoms with Gasteiger partial charge in [0.15, 0.2) is 5.96 Å². The van der Waals surface area contributed by atoms with Crippen molar-refractivity contribution in [1.29, 1.82) is 0 Å². The molecule has 1 aliphatic rings. The van der Waals surface area contributed by atoms with E-state index >= 15 is 0 Å². The van der Waals surface area contributed by atoms with Crippen molar-refractivity contribution in [3.8, 4) is 0 Å². The lowest BCUT2D eigenvalue weighted by Gasteiger charge is -2.27. The maximum absolute atomic E-state index is 5.45. The largest absolute Gasteiger partial charge is 0.379 e. The van der Waals surface area contributed by atoms with Crippen LogP contribution in [0.2, 0.25) is 0 Å². The van der Waals surface area contributed by atoms with Crippen LogP contribution in [-0.2, 0) is 24.4 Å². The Morgan fingerprint density at radius 1 is 1.07 bits per heavy atom. The molecule has 152 valence electrons. The third-order valence-corrected chi connectivity index (χ3v) is 4.89. The number of nitrogens with zero attached hydrogens (tertiary/aromatic N) is 5. The molecule has 0 saturated carbocycles. The summed E-state index contributed by atoms with van der Waals surface area (Å²) >= 11 is 0. The number of rotatable bonds is 9. The van der Waals surface area contributed by atoms with Crippen LogP contribution in [0.15, 0.2) is 41.9 Å². The van der Waals surface area contributed by atoms with E-state index in [4.69, 9.17) is 4.74 Å². The molecule has 2 N–H and O–H groups in total. The average molecular weight is 386 g/mol. The summed E-state index contributed by atoms with van der Waals surface area (Å²) < 4.78 is 7.45. The predicted molar refractivity (Wildman–Crippen MR) is 110 cm³/mol.